The van der Waals surface area contributed by atoms with Gasteiger partial charge < -0.3 is 4.74 Å². The maximum absolute atomic E-state index is 12.8. The molecule has 132 valence electrons. The van der Waals surface area contributed by atoms with Crippen molar-refractivity contribution in [2.45, 2.75) is 24.2 Å². The van der Waals surface area contributed by atoms with Crippen molar-refractivity contribution in [3.63, 3.8) is 0 Å². The number of esters is 1. The van der Waals surface area contributed by atoms with Gasteiger partial charge in [0.25, 0.3) is 0 Å². The third-order valence-electron chi connectivity index (χ3n) is 4.06. The van der Waals surface area contributed by atoms with E-state index < -0.39 is 16.0 Å². The first-order valence-electron chi connectivity index (χ1n) is 8.05. The van der Waals surface area contributed by atoms with Crippen molar-refractivity contribution in [1.29, 1.82) is 0 Å². The van der Waals surface area contributed by atoms with E-state index in [0.29, 0.717) is 18.8 Å². The van der Waals surface area contributed by atoms with Gasteiger partial charge in [0.1, 0.15) is 5.75 Å². The average Bonchev–Trinajstić information content (AvgIpc) is 2.63. The van der Waals surface area contributed by atoms with Crippen molar-refractivity contribution in [3.05, 3.63) is 59.1 Å². The van der Waals surface area contributed by atoms with Gasteiger partial charge in [0.2, 0.25) is 10.0 Å². The molecule has 0 spiro atoms. The molecule has 1 fully saturated rings. The van der Waals surface area contributed by atoms with Crippen LogP contribution in [0.3, 0.4) is 0 Å². The molecular weight excluding hydrogens is 362 g/mol. The van der Waals surface area contributed by atoms with Crippen LogP contribution in [0.5, 0.6) is 5.75 Å². The summed E-state index contributed by atoms with van der Waals surface area (Å²) >= 11 is 6.08. The number of hydrogen-bond acceptors (Lipinski definition) is 4. The van der Waals surface area contributed by atoms with Crippen molar-refractivity contribution in [1.82, 2.24) is 4.31 Å². The first-order valence-corrected chi connectivity index (χ1v) is 9.87. The number of benzene rings is 2. The quantitative estimate of drug-likeness (QED) is 0.599. The standard InChI is InChI=1S/C18H18ClNO4S/c19-17-10-9-15(25(22,23)20-11-5-2-6-12-20)13-16(17)18(21)24-14-7-3-1-4-8-14/h1,3-4,7-10,13H,2,5-6,11-12H2. The molecule has 1 heterocycles. The summed E-state index contributed by atoms with van der Waals surface area (Å²) in [6, 6.07) is 12.7. The van der Waals surface area contributed by atoms with Gasteiger partial charge in [0.15, 0.2) is 0 Å². The van der Waals surface area contributed by atoms with E-state index >= 15 is 0 Å². The number of rotatable bonds is 4. The lowest BCUT2D eigenvalue weighted by molar-refractivity contribution is 0.0734. The molecule has 0 N–H and O–H groups in total. The Kier molecular flexibility index (Phi) is 5.42. The van der Waals surface area contributed by atoms with Crippen molar-refractivity contribution >= 4 is 27.6 Å². The van der Waals surface area contributed by atoms with E-state index in [2.05, 4.69) is 0 Å². The van der Waals surface area contributed by atoms with Gasteiger partial charge in [0, 0.05) is 13.1 Å². The molecule has 1 saturated heterocycles. The van der Waals surface area contributed by atoms with Gasteiger partial charge >= 0.3 is 5.97 Å². The molecule has 0 unspecified atom stereocenters. The van der Waals surface area contributed by atoms with Crippen LogP contribution in [0.1, 0.15) is 29.6 Å². The Bertz CT molecular complexity index is 862. The number of hydrogen-bond donors (Lipinski definition) is 0. The van der Waals surface area contributed by atoms with Gasteiger partial charge in [-0.15, -0.1) is 0 Å². The van der Waals surface area contributed by atoms with E-state index in [0.717, 1.165) is 19.3 Å². The summed E-state index contributed by atoms with van der Waals surface area (Å²) in [5.41, 5.74) is 0.0311. The van der Waals surface area contributed by atoms with Crippen LogP contribution < -0.4 is 4.74 Å². The molecule has 1 aliphatic rings. The first kappa shape index (κ1) is 17.9. The fraction of sp³-hybridized carbons (Fsp3) is 0.278. The van der Waals surface area contributed by atoms with Crippen LogP contribution in [0.25, 0.3) is 0 Å². The fourth-order valence-electron chi connectivity index (χ4n) is 2.73. The molecule has 2 aromatic carbocycles. The van der Waals surface area contributed by atoms with Crippen molar-refractivity contribution < 1.29 is 17.9 Å². The molecular formula is C18H18ClNO4S. The van der Waals surface area contributed by atoms with Crippen molar-refractivity contribution in [2.75, 3.05) is 13.1 Å². The van der Waals surface area contributed by atoms with E-state index in [9.17, 15) is 13.2 Å². The summed E-state index contributed by atoms with van der Waals surface area (Å²) in [5, 5.41) is 0.151. The van der Waals surface area contributed by atoms with E-state index in [4.69, 9.17) is 16.3 Å². The zero-order chi connectivity index (χ0) is 17.9. The molecule has 0 aliphatic carbocycles. The average molecular weight is 380 g/mol. The third-order valence-corrected chi connectivity index (χ3v) is 6.29. The number of halogens is 1. The third kappa shape index (κ3) is 4.03. The van der Waals surface area contributed by atoms with Gasteiger partial charge in [-0.3, -0.25) is 0 Å². The molecule has 2 aromatic rings. The Morgan fingerprint density at radius 2 is 1.68 bits per heavy atom. The summed E-state index contributed by atoms with van der Waals surface area (Å²) in [5.74, 6) is -0.320. The summed E-state index contributed by atoms with van der Waals surface area (Å²) in [4.78, 5) is 12.4. The smallest absolute Gasteiger partial charge is 0.345 e. The van der Waals surface area contributed by atoms with Gasteiger partial charge in [-0.2, -0.15) is 4.31 Å². The Balaban J connectivity index is 1.88. The first-order chi connectivity index (χ1) is 12.0. The monoisotopic (exact) mass is 379 g/mol. The second kappa shape index (κ2) is 7.56. The molecule has 25 heavy (non-hydrogen) atoms. The van der Waals surface area contributed by atoms with Crippen LogP contribution in [0, 0.1) is 0 Å². The minimum Gasteiger partial charge on any atom is -0.423 e. The predicted molar refractivity (Wildman–Crippen MR) is 95.5 cm³/mol. The normalized spacial score (nSPS) is 15.7. The Morgan fingerprint density at radius 1 is 1.00 bits per heavy atom. The predicted octanol–water partition coefficient (Wildman–Crippen LogP) is 3.73. The summed E-state index contributed by atoms with van der Waals surface area (Å²) in [6.45, 7) is 0.990. The van der Waals surface area contributed by atoms with Gasteiger partial charge in [0.05, 0.1) is 15.5 Å². The molecule has 0 radical (unpaired) electrons. The molecule has 0 aromatic heterocycles. The lowest BCUT2D eigenvalue weighted by Gasteiger charge is -2.26. The molecule has 5 nitrogen and oxygen atoms in total. The van der Waals surface area contributed by atoms with Crippen LogP contribution >= 0.6 is 11.6 Å². The van der Waals surface area contributed by atoms with Crippen molar-refractivity contribution in [3.8, 4) is 5.75 Å². The highest BCUT2D eigenvalue weighted by Gasteiger charge is 2.27. The topological polar surface area (TPSA) is 63.7 Å². The van der Waals surface area contributed by atoms with E-state index in [1.54, 1.807) is 30.3 Å². The lowest BCUT2D eigenvalue weighted by atomic mass is 10.2. The number of ether oxygens (including phenoxy) is 1. The summed E-state index contributed by atoms with van der Waals surface area (Å²) in [7, 11) is -3.64. The largest absolute Gasteiger partial charge is 0.423 e. The number of para-hydroxylation sites is 1. The minimum atomic E-state index is -3.64. The number of carbonyl (C=O) groups excluding carboxylic acids is 1. The van der Waals surface area contributed by atoms with E-state index in [-0.39, 0.29) is 15.5 Å². The Labute approximate surface area is 152 Å². The molecule has 0 saturated carbocycles. The van der Waals surface area contributed by atoms with Gasteiger partial charge in [-0.25, -0.2) is 13.2 Å². The lowest BCUT2D eigenvalue weighted by Crippen LogP contribution is -2.35. The highest BCUT2D eigenvalue weighted by atomic mass is 35.5. The Hall–Kier alpha value is -1.89. The summed E-state index contributed by atoms with van der Waals surface area (Å²) in [6.07, 6.45) is 2.72. The molecule has 0 amide bonds. The second-order valence-corrected chi connectivity index (χ2v) is 8.15. The maximum atomic E-state index is 12.8. The number of carbonyl (C=O) groups is 1. The highest BCUT2D eigenvalue weighted by molar-refractivity contribution is 7.89. The second-order valence-electron chi connectivity index (χ2n) is 5.81. The molecule has 1 aliphatic heterocycles. The van der Waals surface area contributed by atoms with Gasteiger partial charge in [-0.1, -0.05) is 36.2 Å². The fourth-order valence-corrected chi connectivity index (χ4v) is 4.46. The SMILES string of the molecule is O=C(Oc1ccccc1)c1cc(S(=O)(=O)N2CCCCC2)ccc1Cl. The number of sulfonamides is 1. The number of nitrogens with zero attached hydrogens (tertiary/aromatic N) is 1. The highest BCUT2D eigenvalue weighted by Crippen LogP contribution is 2.26. The molecule has 3 rings (SSSR count). The molecule has 0 bridgehead atoms. The van der Waals surface area contributed by atoms with Crippen LogP contribution in [-0.4, -0.2) is 31.8 Å². The van der Waals surface area contributed by atoms with Crippen LogP contribution in [0.2, 0.25) is 5.02 Å². The van der Waals surface area contributed by atoms with E-state index in [1.165, 1.54) is 22.5 Å². The van der Waals surface area contributed by atoms with E-state index in [1.807, 2.05) is 0 Å². The van der Waals surface area contributed by atoms with Crippen molar-refractivity contribution in [2.24, 2.45) is 0 Å². The van der Waals surface area contributed by atoms with Gasteiger partial charge in [-0.05, 0) is 43.2 Å². The maximum Gasteiger partial charge on any atom is 0.345 e. The van der Waals surface area contributed by atoms with Crippen LogP contribution in [-0.2, 0) is 10.0 Å². The Morgan fingerprint density at radius 3 is 2.36 bits per heavy atom. The molecule has 7 heteroatoms. The van der Waals surface area contributed by atoms with Crippen LogP contribution in [0.4, 0.5) is 0 Å². The zero-order valence-corrected chi connectivity index (χ0v) is 15.1. The van der Waals surface area contributed by atoms with Crippen LogP contribution in [0.15, 0.2) is 53.4 Å². The number of piperidine rings is 1. The molecule has 0 atom stereocenters. The summed E-state index contributed by atoms with van der Waals surface area (Å²) < 4.78 is 32.2. The zero-order valence-electron chi connectivity index (χ0n) is 13.5. The minimum absolute atomic E-state index is 0.0311.